The highest BCUT2D eigenvalue weighted by atomic mass is 16.5. The first-order valence-corrected chi connectivity index (χ1v) is 10.6. The fourth-order valence-corrected chi connectivity index (χ4v) is 4.72. The third-order valence-corrected chi connectivity index (χ3v) is 6.48. The lowest BCUT2D eigenvalue weighted by Crippen LogP contribution is -2.50. The number of carbonyl (C=O) groups excluding carboxylic acids is 2. The molecule has 1 aliphatic heterocycles. The Balaban J connectivity index is 1.32. The minimum atomic E-state index is 0.00625. The third kappa shape index (κ3) is 4.90. The number of aryl methyl sites for hydroxylation is 1. The molecular formula is C22H31N3O3. The molecule has 2 amide bonds. The second kappa shape index (κ2) is 8.60. The van der Waals surface area contributed by atoms with Crippen LogP contribution in [0.1, 0.15) is 44.6 Å². The molecule has 4 atom stereocenters. The van der Waals surface area contributed by atoms with Crippen molar-refractivity contribution in [1.82, 2.24) is 15.2 Å². The minimum absolute atomic E-state index is 0.00625. The monoisotopic (exact) mass is 385 g/mol. The number of ether oxygens (including phenoxy) is 1. The highest BCUT2D eigenvalue weighted by Gasteiger charge is 2.44. The van der Waals surface area contributed by atoms with Gasteiger partial charge in [-0.3, -0.25) is 14.6 Å². The molecule has 0 radical (unpaired) electrons. The molecule has 1 aromatic rings. The lowest BCUT2D eigenvalue weighted by Gasteiger charge is -2.38. The van der Waals surface area contributed by atoms with Crippen molar-refractivity contribution in [1.29, 1.82) is 0 Å². The van der Waals surface area contributed by atoms with E-state index in [-0.39, 0.29) is 24.0 Å². The van der Waals surface area contributed by atoms with Crippen LogP contribution in [0, 0.1) is 17.8 Å². The van der Waals surface area contributed by atoms with Crippen LogP contribution in [0.4, 0.5) is 0 Å². The molecule has 3 fully saturated rings. The highest BCUT2D eigenvalue weighted by molar-refractivity contribution is 5.77. The van der Waals surface area contributed by atoms with Gasteiger partial charge < -0.3 is 15.0 Å². The number of rotatable bonds is 7. The Labute approximate surface area is 167 Å². The summed E-state index contributed by atoms with van der Waals surface area (Å²) in [6, 6.07) is 4.01. The average molecular weight is 386 g/mol. The standard InChI is InChI=1S/C22H31N3O3/c1-15(26)24-20-10-18-12-25(22(27)5-4-16-6-8-23-9-7-16)13-19(18)11-21(20)28-14-17-2-3-17/h6-9,17-21H,2-5,10-14H2,1H3,(H,24,26)/t18-,19+,20-,21-/m1/s1. The molecule has 0 unspecified atom stereocenters. The SMILES string of the molecule is CC(=O)N[C@@H]1C[C@@H]2CN(C(=O)CCc3ccncc3)C[C@@H]2C[C@H]1OCC1CC1. The van der Waals surface area contributed by atoms with Crippen molar-refractivity contribution < 1.29 is 14.3 Å². The predicted molar refractivity (Wildman–Crippen MR) is 105 cm³/mol. The molecule has 2 aliphatic carbocycles. The van der Waals surface area contributed by atoms with Gasteiger partial charge >= 0.3 is 0 Å². The number of hydrogen-bond acceptors (Lipinski definition) is 4. The quantitative estimate of drug-likeness (QED) is 0.781. The molecule has 0 aromatic carbocycles. The van der Waals surface area contributed by atoms with Crippen molar-refractivity contribution in [3.8, 4) is 0 Å². The summed E-state index contributed by atoms with van der Waals surface area (Å²) in [5.41, 5.74) is 1.15. The van der Waals surface area contributed by atoms with Crippen LogP contribution in [0.3, 0.4) is 0 Å². The first-order chi connectivity index (χ1) is 13.6. The normalized spacial score (nSPS) is 29.4. The van der Waals surface area contributed by atoms with Crippen LogP contribution < -0.4 is 5.32 Å². The number of carbonyl (C=O) groups is 2. The van der Waals surface area contributed by atoms with Gasteiger partial charge in [0.1, 0.15) is 0 Å². The topological polar surface area (TPSA) is 71.5 Å². The van der Waals surface area contributed by atoms with Gasteiger partial charge in [0.25, 0.3) is 0 Å². The second-order valence-electron chi connectivity index (χ2n) is 8.77. The summed E-state index contributed by atoms with van der Waals surface area (Å²) in [5.74, 6) is 1.90. The van der Waals surface area contributed by atoms with E-state index in [2.05, 4.69) is 10.3 Å². The smallest absolute Gasteiger partial charge is 0.222 e. The summed E-state index contributed by atoms with van der Waals surface area (Å²) in [6.07, 6.45) is 9.31. The molecule has 6 heteroatoms. The van der Waals surface area contributed by atoms with E-state index < -0.39 is 0 Å². The fourth-order valence-electron chi connectivity index (χ4n) is 4.72. The van der Waals surface area contributed by atoms with Crippen molar-refractivity contribution >= 4 is 11.8 Å². The minimum Gasteiger partial charge on any atom is -0.376 e. The van der Waals surface area contributed by atoms with Gasteiger partial charge in [-0.05, 0) is 67.6 Å². The van der Waals surface area contributed by atoms with Gasteiger partial charge in [-0.1, -0.05) is 0 Å². The van der Waals surface area contributed by atoms with Crippen molar-refractivity contribution in [3.05, 3.63) is 30.1 Å². The highest BCUT2D eigenvalue weighted by Crippen LogP contribution is 2.39. The van der Waals surface area contributed by atoms with E-state index in [4.69, 9.17) is 4.74 Å². The van der Waals surface area contributed by atoms with E-state index in [1.807, 2.05) is 17.0 Å². The summed E-state index contributed by atoms with van der Waals surface area (Å²) in [6.45, 7) is 4.03. The Morgan fingerprint density at radius 2 is 1.89 bits per heavy atom. The zero-order valence-corrected chi connectivity index (χ0v) is 16.7. The summed E-state index contributed by atoms with van der Waals surface area (Å²) in [5, 5.41) is 3.11. The molecule has 1 N–H and O–H groups in total. The van der Waals surface area contributed by atoms with E-state index in [1.54, 1.807) is 19.3 Å². The Hall–Kier alpha value is -1.95. The molecule has 6 nitrogen and oxygen atoms in total. The summed E-state index contributed by atoms with van der Waals surface area (Å²) in [7, 11) is 0. The van der Waals surface area contributed by atoms with Crippen LogP contribution in [0.2, 0.25) is 0 Å². The molecule has 28 heavy (non-hydrogen) atoms. The zero-order valence-electron chi connectivity index (χ0n) is 16.7. The molecule has 1 saturated heterocycles. The van der Waals surface area contributed by atoms with Crippen LogP contribution in [0.25, 0.3) is 0 Å². The van der Waals surface area contributed by atoms with Crippen LogP contribution >= 0.6 is 0 Å². The molecule has 3 aliphatic rings. The Bertz CT molecular complexity index is 692. The number of likely N-dealkylation sites (tertiary alicyclic amines) is 1. The molecular weight excluding hydrogens is 354 g/mol. The molecule has 1 aromatic heterocycles. The van der Waals surface area contributed by atoms with Gasteiger partial charge in [-0.25, -0.2) is 0 Å². The lowest BCUT2D eigenvalue weighted by molar-refractivity contribution is -0.130. The molecule has 2 saturated carbocycles. The van der Waals surface area contributed by atoms with Crippen LogP contribution in [0.5, 0.6) is 0 Å². The molecule has 152 valence electrons. The maximum absolute atomic E-state index is 12.7. The maximum atomic E-state index is 12.7. The van der Waals surface area contributed by atoms with Gasteiger partial charge in [0, 0.05) is 45.4 Å². The number of pyridine rings is 1. The summed E-state index contributed by atoms with van der Waals surface area (Å²) < 4.78 is 6.21. The Kier molecular flexibility index (Phi) is 5.95. The second-order valence-corrected chi connectivity index (χ2v) is 8.77. The van der Waals surface area contributed by atoms with Gasteiger partial charge in [0.15, 0.2) is 0 Å². The van der Waals surface area contributed by atoms with Gasteiger partial charge in [-0.15, -0.1) is 0 Å². The van der Waals surface area contributed by atoms with E-state index in [1.165, 1.54) is 12.8 Å². The largest absolute Gasteiger partial charge is 0.376 e. The van der Waals surface area contributed by atoms with Gasteiger partial charge in [-0.2, -0.15) is 0 Å². The number of nitrogens with one attached hydrogen (secondary N) is 1. The number of amides is 2. The van der Waals surface area contributed by atoms with Crippen molar-refractivity contribution in [2.24, 2.45) is 17.8 Å². The van der Waals surface area contributed by atoms with E-state index >= 15 is 0 Å². The van der Waals surface area contributed by atoms with Crippen molar-refractivity contribution in [3.63, 3.8) is 0 Å². The van der Waals surface area contributed by atoms with Crippen molar-refractivity contribution in [2.75, 3.05) is 19.7 Å². The first-order valence-electron chi connectivity index (χ1n) is 10.6. The predicted octanol–water partition coefficient (Wildman–Crippen LogP) is 2.18. The van der Waals surface area contributed by atoms with E-state index in [9.17, 15) is 9.59 Å². The lowest BCUT2D eigenvalue weighted by atomic mass is 9.77. The molecule has 2 heterocycles. The molecule has 4 rings (SSSR count). The maximum Gasteiger partial charge on any atom is 0.222 e. The van der Waals surface area contributed by atoms with Gasteiger partial charge in [0.2, 0.25) is 11.8 Å². The van der Waals surface area contributed by atoms with Gasteiger partial charge in [0.05, 0.1) is 12.1 Å². The first kappa shape index (κ1) is 19.4. The average Bonchev–Trinajstić information content (AvgIpc) is 3.42. The Morgan fingerprint density at radius 1 is 1.18 bits per heavy atom. The fraction of sp³-hybridized carbons (Fsp3) is 0.682. The number of hydrogen-bond donors (Lipinski definition) is 1. The number of nitrogens with zero attached hydrogens (tertiary/aromatic N) is 2. The van der Waals surface area contributed by atoms with Crippen LogP contribution in [-0.4, -0.2) is 53.5 Å². The third-order valence-electron chi connectivity index (χ3n) is 6.48. The molecule has 0 spiro atoms. The van der Waals surface area contributed by atoms with Crippen LogP contribution in [-0.2, 0) is 20.7 Å². The number of aromatic nitrogens is 1. The zero-order chi connectivity index (χ0) is 19.5. The summed E-state index contributed by atoms with van der Waals surface area (Å²) >= 11 is 0. The summed E-state index contributed by atoms with van der Waals surface area (Å²) in [4.78, 5) is 30.5. The number of fused-ring (bicyclic) bond motifs is 1. The molecule has 0 bridgehead atoms. The van der Waals surface area contributed by atoms with Crippen molar-refractivity contribution in [2.45, 2.75) is 57.6 Å². The Morgan fingerprint density at radius 3 is 2.57 bits per heavy atom. The van der Waals surface area contributed by atoms with E-state index in [0.29, 0.717) is 24.2 Å². The van der Waals surface area contributed by atoms with Crippen LogP contribution in [0.15, 0.2) is 24.5 Å². The van der Waals surface area contributed by atoms with E-state index in [0.717, 1.165) is 44.5 Å².